The van der Waals surface area contributed by atoms with Crippen LogP contribution in [-0.2, 0) is 0 Å². The van der Waals surface area contributed by atoms with E-state index in [1.165, 1.54) is 23.1 Å². The van der Waals surface area contributed by atoms with Gasteiger partial charge in [-0.3, -0.25) is 4.90 Å². The van der Waals surface area contributed by atoms with Crippen LogP contribution in [0.15, 0.2) is 24.3 Å². The third-order valence-electron chi connectivity index (χ3n) is 3.26. The van der Waals surface area contributed by atoms with Crippen LogP contribution in [0.1, 0.15) is 11.6 Å². The van der Waals surface area contributed by atoms with E-state index in [0.29, 0.717) is 13.1 Å². The Labute approximate surface area is 118 Å². The molecule has 1 aromatic rings. The Morgan fingerprint density at radius 1 is 1.10 bits per heavy atom. The van der Waals surface area contributed by atoms with E-state index in [2.05, 4.69) is 10.1 Å². The van der Waals surface area contributed by atoms with Crippen LogP contribution < -0.4 is 10.1 Å². The lowest BCUT2D eigenvalue weighted by Gasteiger charge is -2.36. The highest BCUT2D eigenvalue weighted by atomic mass is 19.4. The Bertz CT molecular complexity index is 460. The zero-order valence-corrected chi connectivity index (χ0v) is 11.0. The molecule has 1 aliphatic rings. The summed E-state index contributed by atoms with van der Waals surface area (Å²) in [5.74, 6) is -0.437. The minimum Gasteiger partial charge on any atom is -0.434 e. The molecule has 1 heterocycles. The number of halogens is 5. The zero-order chi connectivity index (χ0) is 15.5. The van der Waals surface area contributed by atoms with Crippen molar-refractivity contribution in [3.05, 3.63) is 29.8 Å². The Morgan fingerprint density at radius 3 is 2.29 bits per heavy atom. The van der Waals surface area contributed by atoms with Crippen molar-refractivity contribution < 1.29 is 26.7 Å². The first-order valence-electron chi connectivity index (χ1n) is 6.45. The van der Waals surface area contributed by atoms with Gasteiger partial charge in [0.25, 0.3) is 0 Å². The second kappa shape index (κ2) is 6.57. The Kier molecular flexibility index (Phi) is 5.00. The normalized spacial score (nSPS) is 18.8. The van der Waals surface area contributed by atoms with E-state index in [0.717, 1.165) is 6.07 Å². The molecule has 1 aromatic carbocycles. The van der Waals surface area contributed by atoms with E-state index in [1.807, 2.05) is 0 Å². The maximum absolute atomic E-state index is 13.4. The van der Waals surface area contributed by atoms with Crippen LogP contribution in [-0.4, -0.2) is 43.9 Å². The molecule has 1 aliphatic heterocycles. The summed E-state index contributed by atoms with van der Waals surface area (Å²) in [7, 11) is 0. The molecule has 0 saturated carbocycles. The second-order valence-electron chi connectivity index (χ2n) is 4.65. The van der Waals surface area contributed by atoms with Crippen molar-refractivity contribution in [2.45, 2.75) is 18.8 Å². The molecule has 0 aliphatic carbocycles. The van der Waals surface area contributed by atoms with Crippen molar-refractivity contribution >= 4 is 0 Å². The lowest BCUT2D eigenvalue weighted by atomic mass is 10.0. The molecule has 1 N–H and O–H groups in total. The summed E-state index contributed by atoms with van der Waals surface area (Å²) in [4.78, 5) is 1.23. The van der Waals surface area contributed by atoms with Crippen molar-refractivity contribution in [3.63, 3.8) is 0 Å². The highest BCUT2D eigenvalue weighted by molar-refractivity contribution is 5.37. The molecule has 118 valence electrons. The van der Waals surface area contributed by atoms with Gasteiger partial charge >= 0.3 is 12.8 Å². The molecule has 0 spiro atoms. The number of benzene rings is 1. The van der Waals surface area contributed by atoms with E-state index in [4.69, 9.17) is 0 Å². The van der Waals surface area contributed by atoms with E-state index in [9.17, 15) is 22.0 Å². The Morgan fingerprint density at radius 2 is 1.71 bits per heavy atom. The fourth-order valence-corrected chi connectivity index (χ4v) is 2.43. The summed E-state index contributed by atoms with van der Waals surface area (Å²) >= 11 is 0. The van der Waals surface area contributed by atoms with Crippen molar-refractivity contribution in [1.82, 2.24) is 10.2 Å². The highest BCUT2D eigenvalue weighted by Gasteiger charge is 2.46. The molecule has 0 amide bonds. The van der Waals surface area contributed by atoms with Crippen molar-refractivity contribution in [2.75, 3.05) is 26.2 Å². The van der Waals surface area contributed by atoms with Crippen LogP contribution in [0.2, 0.25) is 0 Å². The summed E-state index contributed by atoms with van der Waals surface area (Å²) in [6.07, 6.45) is -4.57. The van der Waals surface area contributed by atoms with Crippen LogP contribution in [0.4, 0.5) is 22.0 Å². The van der Waals surface area contributed by atoms with Crippen LogP contribution in [0.5, 0.6) is 5.75 Å². The molecule has 0 unspecified atom stereocenters. The maximum atomic E-state index is 13.4. The minimum absolute atomic E-state index is 0.188. The predicted molar refractivity (Wildman–Crippen MR) is 66.3 cm³/mol. The predicted octanol–water partition coefficient (Wildman–Crippen LogP) is 2.80. The van der Waals surface area contributed by atoms with Gasteiger partial charge in [0.1, 0.15) is 11.8 Å². The molecule has 0 bridgehead atoms. The van der Waals surface area contributed by atoms with Gasteiger partial charge < -0.3 is 10.1 Å². The van der Waals surface area contributed by atoms with Crippen LogP contribution in [0.25, 0.3) is 0 Å². The molecule has 0 aromatic heterocycles. The molecule has 8 heteroatoms. The van der Waals surface area contributed by atoms with Gasteiger partial charge in [-0.15, -0.1) is 0 Å². The standard InChI is InChI=1S/C13H15F5N2O/c14-12(15)21-10-4-2-1-3-9(10)11(13(16,17)18)20-7-5-19-6-8-20/h1-4,11-12,19H,5-8H2/t11-/m1/s1. The Hall–Kier alpha value is -1.41. The van der Waals surface area contributed by atoms with Crippen LogP contribution in [0.3, 0.4) is 0 Å². The molecule has 2 rings (SSSR count). The second-order valence-corrected chi connectivity index (χ2v) is 4.65. The quantitative estimate of drug-likeness (QED) is 0.866. The van der Waals surface area contributed by atoms with E-state index in [1.54, 1.807) is 0 Å². The van der Waals surface area contributed by atoms with Gasteiger partial charge in [-0.2, -0.15) is 22.0 Å². The molecular weight excluding hydrogens is 295 g/mol. The first-order chi connectivity index (χ1) is 9.89. The maximum Gasteiger partial charge on any atom is 0.408 e. The van der Waals surface area contributed by atoms with Gasteiger partial charge in [0.2, 0.25) is 0 Å². The summed E-state index contributed by atoms with van der Waals surface area (Å²) in [5, 5.41) is 2.96. The first kappa shape index (κ1) is 16.0. The Balaban J connectivity index is 2.36. The number of piperazine rings is 1. The number of rotatable bonds is 4. The SMILES string of the molecule is FC(F)Oc1ccccc1[C@@H](N1CCNCC1)C(F)(F)F. The van der Waals surface area contributed by atoms with Gasteiger partial charge in [0.05, 0.1) is 0 Å². The van der Waals surface area contributed by atoms with Crippen molar-refractivity contribution in [3.8, 4) is 5.75 Å². The number of para-hydroxylation sites is 1. The summed E-state index contributed by atoms with van der Waals surface area (Å²) in [6.45, 7) is -1.95. The van der Waals surface area contributed by atoms with Gasteiger partial charge in [0.15, 0.2) is 0 Å². The zero-order valence-electron chi connectivity index (χ0n) is 11.0. The molecule has 1 atom stereocenters. The van der Waals surface area contributed by atoms with Crippen LogP contribution >= 0.6 is 0 Å². The van der Waals surface area contributed by atoms with Crippen molar-refractivity contribution in [1.29, 1.82) is 0 Å². The van der Waals surface area contributed by atoms with Gasteiger partial charge in [-0.05, 0) is 6.07 Å². The average Bonchev–Trinajstić information content (AvgIpc) is 2.40. The number of nitrogens with zero attached hydrogens (tertiary/aromatic N) is 1. The lowest BCUT2D eigenvalue weighted by molar-refractivity contribution is -0.188. The van der Waals surface area contributed by atoms with E-state index in [-0.39, 0.29) is 18.7 Å². The van der Waals surface area contributed by atoms with Gasteiger partial charge in [-0.25, -0.2) is 0 Å². The number of alkyl halides is 5. The number of nitrogens with one attached hydrogen (secondary N) is 1. The lowest BCUT2D eigenvalue weighted by Crippen LogP contribution is -2.49. The number of hydrogen-bond acceptors (Lipinski definition) is 3. The molecule has 3 nitrogen and oxygen atoms in total. The largest absolute Gasteiger partial charge is 0.434 e. The molecule has 21 heavy (non-hydrogen) atoms. The monoisotopic (exact) mass is 310 g/mol. The number of ether oxygens (including phenoxy) is 1. The van der Waals surface area contributed by atoms with Crippen molar-refractivity contribution in [2.24, 2.45) is 0 Å². The molecule has 0 radical (unpaired) electrons. The average molecular weight is 310 g/mol. The number of hydrogen-bond donors (Lipinski definition) is 1. The molecular formula is C13H15F5N2O. The third-order valence-corrected chi connectivity index (χ3v) is 3.26. The fourth-order valence-electron chi connectivity index (χ4n) is 2.43. The van der Waals surface area contributed by atoms with E-state index < -0.39 is 24.6 Å². The van der Waals surface area contributed by atoms with E-state index >= 15 is 0 Å². The molecule has 1 fully saturated rings. The molecule has 1 saturated heterocycles. The highest BCUT2D eigenvalue weighted by Crippen LogP contribution is 2.41. The minimum atomic E-state index is -4.57. The smallest absolute Gasteiger partial charge is 0.408 e. The summed E-state index contributed by atoms with van der Waals surface area (Å²) < 4.78 is 69.2. The summed E-state index contributed by atoms with van der Waals surface area (Å²) in [5.41, 5.74) is -0.285. The van der Waals surface area contributed by atoms with Gasteiger partial charge in [0, 0.05) is 31.7 Å². The van der Waals surface area contributed by atoms with Gasteiger partial charge in [-0.1, -0.05) is 18.2 Å². The topological polar surface area (TPSA) is 24.5 Å². The van der Waals surface area contributed by atoms with Crippen LogP contribution in [0, 0.1) is 0 Å². The summed E-state index contributed by atoms with van der Waals surface area (Å²) in [6, 6.07) is 3.11. The first-order valence-corrected chi connectivity index (χ1v) is 6.45. The fraction of sp³-hybridized carbons (Fsp3) is 0.538. The third kappa shape index (κ3) is 4.04.